The van der Waals surface area contributed by atoms with Gasteiger partial charge < -0.3 is 9.64 Å². The Hall–Kier alpha value is -2.65. The zero-order valence-electron chi connectivity index (χ0n) is 20.0. The first-order valence-corrected chi connectivity index (χ1v) is 13.2. The first kappa shape index (κ1) is 27.9. The van der Waals surface area contributed by atoms with Crippen LogP contribution in [0.5, 0.6) is 0 Å². The van der Waals surface area contributed by atoms with Crippen molar-refractivity contribution in [1.82, 2.24) is 4.90 Å². The first-order valence-electron chi connectivity index (χ1n) is 11.0. The molecular weight excluding hydrogens is 528 g/mol. The third-order valence-corrected chi connectivity index (χ3v) is 7.19. The van der Waals surface area contributed by atoms with Gasteiger partial charge in [0.1, 0.15) is 22.4 Å². The molecule has 0 aliphatic carbocycles. The third kappa shape index (κ3) is 7.67. The molecule has 0 saturated heterocycles. The van der Waals surface area contributed by atoms with Crippen molar-refractivity contribution in [3.63, 3.8) is 0 Å². The molecule has 0 bridgehead atoms. The van der Waals surface area contributed by atoms with Crippen LogP contribution in [0.15, 0.2) is 77.7 Å². The van der Waals surface area contributed by atoms with Gasteiger partial charge in [-0.05, 0) is 56.2 Å². The maximum absolute atomic E-state index is 13.4. The number of carbonyl (C=O) groups excluding carboxylic acids is 1. The number of carbonyl (C=O) groups is 1. The van der Waals surface area contributed by atoms with E-state index in [9.17, 15) is 17.6 Å². The smallest absolute Gasteiger partial charge is 0.410 e. The molecule has 1 atom stereocenters. The van der Waals surface area contributed by atoms with Crippen molar-refractivity contribution in [2.75, 3.05) is 6.54 Å². The lowest BCUT2D eigenvalue weighted by atomic mass is 10.1. The van der Waals surface area contributed by atoms with Gasteiger partial charge in [0, 0.05) is 6.54 Å². The molecule has 6 nitrogen and oxygen atoms in total. The molecule has 0 aliphatic rings. The summed E-state index contributed by atoms with van der Waals surface area (Å²) in [5.41, 5.74) is 0.307. The molecule has 36 heavy (non-hydrogen) atoms. The summed E-state index contributed by atoms with van der Waals surface area (Å²) in [6.07, 6.45) is -1.82. The van der Waals surface area contributed by atoms with Crippen molar-refractivity contribution < 1.29 is 26.5 Å². The molecule has 0 radical (unpaired) electrons. The molecule has 10 heteroatoms. The van der Waals surface area contributed by atoms with Gasteiger partial charge in [-0.3, -0.25) is 4.18 Å². The summed E-state index contributed by atoms with van der Waals surface area (Å²) in [5, 5.41) is -0.186. The van der Waals surface area contributed by atoms with Gasteiger partial charge in [0.25, 0.3) is 0 Å². The summed E-state index contributed by atoms with van der Waals surface area (Å²) < 4.78 is 51.2. The molecule has 0 aliphatic heterocycles. The van der Waals surface area contributed by atoms with E-state index in [2.05, 4.69) is 0 Å². The van der Waals surface area contributed by atoms with Crippen LogP contribution in [-0.4, -0.2) is 31.6 Å². The second-order valence-electron chi connectivity index (χ2n) is 8.99. The van der Waals surface area contributed by atoms with Crippen LogP contribution in [0.1, 0.15) is 38.0 Å². The van der Waals surface area contributed by atoms with Crippen molar-refractivity contribution in [3.05, 3.63) is 99.8 Å². The summed E-state index contributed by atoms with van der Waals surface area (Å²) in [6, 6.07) is 18.5. The van der Waals surface area contributed by atoms with Crippen molar-refractivity contribution in [2.45, 2.75) is 43.9 Å². The van der Waals surface area contributed by atoms with Crippen LogP contribution >= 0.6 is 23.2 Å². The van der Waals surface area contributed by atoms with Gasteiger partial charge >= 0.3 is 16.2 Å². The van der Waals surface area contributed by atoms with Crippen LogP contribution in [-0.2, 0) is 25.6 Å². The average molecular weight is 554 g/mol. The molecule has 3 aromatic rings. The van der Waals surface area contributed by atoms with Gasteiger partial charge in [0.2, 0.25) is 0 Å². The fourth-order valence-electron chi connectivity index (χ4n) is 3.32. The first-order chi connectivity index (χ1) is 16.9. The topological polar surface area (TPSA) is 72.9 Å². The molecule has 1 amide bonds. The van der Waals surface area contributed by atoms with Gasteiger partial charge in [0.05, 0.1) is 16.6 Å². The highest BCUT2D eigenvalue weighted by Gasteiger charge is 2.31. The largest absolute Gasteiger partial charge is 0.444 e. The van der Waals surface area contributed by atoms with Gasteiger partial charge in [-0.1, -0.05) is 71.7 Å². The van der Waals surface area contributed by atoms with Crippen LogP contribution in [0.25, 0.3) is 0 Å². The quantitative estimate of drug-likeness (QED) is 0.280. The lowest BCUT2D eigenvalue weighted by Crippen LogP contribution is -2.39. The number of hydrogen-bond donors (Lipinski definition) is 0. The number of benzene rings is 3. The van der Waals surface area contributed by atoms with Crippen LogP contribution in [0, 0.1) is 5.82 Å². The number of nitrogens with zero attached hydrogens (tertiary/aromatic N) is 1. The fourth-order valence-corrected chi connectivity index (χ4v) is 5.47. The molecule has 3 rings (SSSR count). The Morgan fingerprint density at radius 3 is 2.08 bits per heavy atom. The molecule has 3 aromatic carbocycles. The van der Waals surface area contributed by atoms with E-state index in [0.29, 0.717) is 11.1 Å². The lowest BCUT2D eigenvalue weighted by molar-refractivity contribution is 0.0151. The standard InChI is InChI=1S/C26H26Cl2FNO5S/c1-26(2,3)34-25(31)30(16-18-12-14-20(29)15-13-18)17-23(19-8-5-4-6-9-19)35-36(32,33)24-21(27)10-7-11-22(24)28/h4-15,23H,16-17H2,1-3H3. The van der Waals surface area contributed by atoms with Crippen LogP contribution in [0.2, 0.25) is 10.0 Å². The average Bonchev–Trinajstić information content (AvgIpc) is 2.78. The Kier molecular flexibility index (Phi) is 9.00. The van der Waals surface area contributed by atoms with Crippen LogP contribution < -0.4 is 0 Å². The lowest BCUT2D eigenvalue weighted by Gasteiger charge is -2.30. The number of rotatable bonds is 8. The Labute approximate surface area is 220 Å². The maximum atomic E-state index is 13.4. The van der Waals surface area contributed by atoms with Crippen LogP contribution in [0.3, 0.4) is 0 Å². The molecule has 192 valence electrons. The highest BCUT2D eigenvalue weighted by molar-refractivity contribution is 7.87. The third-order valence-electron chi connectivity index (χ3n) is 4.91. The predicted octanol–water partition coefficient (Wildman–Crippen LogP) is 7.02. The van der Waals surface area contributed by atoms with Gasteiger partial charge in [-0.15, -0.1) is 0 Å². The van der Waals surface area contributed by atoms with E-state index in [4.69, 9.17) is 32.1 Å². The van der Waals surface area contributed by atoms with Gasteiger partial charge in [-0.2, -0.15) is 8.42 Å². The van der Waals surface area contributed by atoms with E-state index in [1.54, 1.807) is 51.1 Å². The fraction of sp³-hybridized carbons (Fsp3) is 0.269. The second kappa shape index (κ2) is 11.6. The van der Waals surface area contributed by atoms with Crippen LogP contribution in [0.4, 0.5) is 9.18 Å². The molecular formula is C26H26Cl2FNO5S. The normalized spacial score (nSPS) is 12.7. The molecule has 0 aromatic heterocycles. The van der Waals surface area contributed by atoms with E-state index < -0.39 is 33.7 Å². The highest BCUT2D eigenvalue weighted by Crippen LogP contribution is 2.34. The van der Waals surface area contributed by atoms with Gasteiger partial charge in [-0.25, -0.2) is 9.18 Å². The predicted molar refractivity (Wildman–Crippen MR) is 137 cm³/mol. The minimum Gasteiger partial charge on any atom is -0.444 e. The summed E-state index contributed by atoms with van der Waals surface area (Å²) in [4.78, 5) is 14.1. The zero-order valence-corrected chi connectivity index (χ0v) is 22.3. The number of hydrogen-bond acceptors (Lipinski definition) is 5. The second-order valence-corrected chi connectivity index (χ2v) is 11.3. The summed E-state index contributed by atoms with van der Waals surface area (Å²) in [7, 11) is -4.45. The van der Waals surface area contributed by atoms with Gasteiger partial charge in [0.15, 0.2) is 0 Å². The van der Waals surface area contributed by atoms with E-state index >= 15 is 0 Å². The molecule has 0 N–H and O–H groups in total. The minimum atomic E-state index is -4.45. The Bertz CT molecular complexity index is 1280. The zero-order chi connectivity index (χ0) is 26.5. The maximum Gasteiger partial charge on any atom is 0.410 e. The monoisotopic (exact) mass is 553 g/mol. The Morgan fingerprint density at radius 2 is 1.53 bits per heavy atom. The van der Waals surface area contributed by atoms with E-state index in [1.807, 2.05) is 0 Å². The number of amides is 1. The minimum absolute atomic E-state index is 0.0226. The number of halogens is 3. The van der Waals surface area contributed by atoms with Crippen molar-refractivity contribution >= 4 is 39.4 Å². The molecule has 0 saturated carbocycles. The van der Waals surface area contributed by atoms with E-state index in [1.165, 1.54) is 47.4 Å². The molecule has 1 unspecified atom stereocenters. The summed E-state index contributed by atoms with van der Waals surface area (Å²) >= 11 is 12.3. The molecule has 0 fully saturated rings. The van der Waals surface area contributed by atoms with E-state index in [0.717, 1.165) is 0 Å². The molecule has 0 spiro atoms. The summed E-state index contributed by atoms with van der Waals surface area (Å²) in [6.45, 7) is 4.98. The van der Waals surface area contributed by atoms with Crippen molar-refractivity contribution in [2.24, 2.45) is 0 Å². The van der Waals surface area contributed by atoms with Crippen molar-refractivity contribution in [1.29, 1.82) is 0 Å². The molecule has 0 heterocycles. The highest BCUT2D eigenvalue weighted by atomic mass is 35.5. The Balaban J connectivity index is 1.99. The number of ether oxygens (including phenoxy) is 1. The Morgan fingerprint density at radius 1 is 0.944 bits per heavy atom. The van der Waals surface area contributed by atoms with E-state index in [-0.39, 0.29) is 28.0 Å². The summed E-state index contributed by atoms with van der Waals surface area (Å²) in [5.74, 6) is -0.421. The van der Waals surface area contributed by atoms with Crippen molar-refractivity contribution in [3.8, 4) is 0 Å². The SMILES string of the molecule is CC(C)(C)OC(=O)N(Cc1ccc(F)cc1)CC(OS(=O)(=O)c1c(Cl)cccc1Cl)c1ccccc1.